The molecule has 2 aromatic heterocycles. The molecule has 4 rings (SSSR count). The lowest BCUT2D eigenvalue weighted by Crippen LogP contribution is -2.08. The lowest BCUT2D eigenvalue weighted by molar-refractivity contribution is -0.136. The number of nitrogens with two attached hydrogens (primary N) is 1. The van der Waals surface area contributed by atoms with E-state index in [9.17, 15) is 18.0 Å². The Kier molecular flexibility index (Phi) is 4.78. The van der Waals surface area contributed by atoms with Crippen LogP contribution < -0.4 is 5.73 Å². The number of carbonyl (C=O) groups excluding carboxylic acids is 1. The van der Waals surface area contributed by atoms with Crippen molar-refractivity contribution in [3.63, 3.8) is 0 Å². The smallest absolute Gasteiger partial charge is 0.417 e. The summed E-state index contributed by atoms with van der Waals surface area (Å²) in [5, 5.41) is -0.0245. The maximum absolute atomic E-state index is 13.8. The average molecular weight is 431 g/mol. The van der Waals surface area contributed by atoms with Gasteiger partial charge in [0, 0.05) is 16.1 Å². The molecule has 0 aliphatic heterocycles. The number of alkyl halides is 3. The first-order valence-corrected chi connectivity index (χ1v) is 9.20. The zero-order valence-electron chi connectivity index (χ0n) is 15.5. The van der Waals surface area contributed by atoms with E-state index < -0.39 is 34.4 Å². The van der Waals surface area contributed by atoms with Crippen molar-refractivity contribution in [1.82, 2.24) is 4.98 Å². The van der Waals surface area contributed by atoms with Crippen LogP contribution in [-0.2, 0) is 6.18 Å². The van der Waals surface area contributed by atoms with Crippen molar-refractivity contribution >= 4 is 34.2 Å². The number of furan rings is 1. The number of ketones is 1. The Balaban J connectivity index is 1.93. The highest BCUT2D eigenvalue weighted by molar-refractivity contribution is 6.30. The second-order valence-corrected chi connectivity index (χ2v) is 7.22. The Morgan fingerprint density at radius 2 is 1.70 bits per heavy atom. The highest BCUT2D eigenvalue weighted by atomic mass is 35.5. The van der Waals surface area contributed by atoms with Gasteiger partial charge in [0.25, 0.3) is 0 Å². The van der Waals surface area contributed by atoms with E-state index in [0.29, 0.717) is 10.6 Å². The Morgan fingerprint density at radius 1 is 1.07 bits per heavy atom. The van der Waals surface area contributed by atoms with Crippen LogP contribution in [0, 0.1) is 6.92 Å². The largest absolute Gasteiger partial charge is 0.432 e. The lowest BCUT2D eigenvalue weighted by atomic mass is 10.0. The molecule has 4 aromatic rings. The number of carbonyl (C=O) groups is 1. The van der Waals surface area contributed by atoms with Gasteiger partial charge < -0.3 is 10.2 Å². The number of hydrogen-bond acceptors (Lipinski definition) is 4. The van der Waals surface area contributed by atoms with Crippen LogP contribution in [0.4, 0.5) is 18.9 Å². The number of anilines is 1. The van der Waals surface area contributed by atoms with Crippen molar-refractivity contribution in [3.05, 3.63) is 82.1 Å². The molecule has 0 saturated carbocycles. The Labute approximate surface area is 174 Å². The number of hydrogen-bond donors (Lipinski definition) is 1. The molecule has 0 atom stereocenters. The van der Waals surface area contributed by atoms with Crippen LogP contribution in [0.25, 0.3) is 22.4 Å². The summed E-state index contributed by atoms with van der Waals surface area (Å²) in [6, 6.07) is 13.6. The van der Waals surface area contributed by atoms with E-state index in [2.05, 4.69) is 4.98 Å². The minimum atomic E-state index is -4.72. The molecule has 0 aliphatic carbocycles. The molecule has 0 saturated heterocycles. The van der Waals surface area contributed by atoms with Crippen molar-refractivity contribution in [1.29, 1.82) is 0 Å². The van der Waals surface area contributed by atoms with E-state index in [1.807, 2.05) is 6.92 Å². The highest BCUT2D eigenvalue weighted by Crippen LogP contribution is 2.41. The lowest BCUT2D eigenvalue weighted by Gasteiger charge is -2.10. The predicted octanol–water partition coefficient (Wildman–Crippen LogP) is 6.29. The first-order chi connectivity index (χ1) is 14.1. The summed E-state index contributed by atoms with van der Waals surface area (Å²) in [5.41, 5.74) is 5.84. The first kappa shape index (κ1) is 20.0. The molecule has 0 radical (unpaired) electrons. The van der Waals surface area contributed by atoms with Crippen LogP contribution in [-0.4, -0.2) is 10.8 Å². The highest BCUT2D eigenvalue weighted by Gasteiger charge is 2.37. The zero-order chi connectivity index (χ0) is 21.6. The topological polar surface area (TPSA) is 69.1 Å². The molecule has 0 fully saturated rings. The van der Waals surface area contributed by atoms with Gasteiger partial charge in [-0.1, -0.05) is 41.4 Å². The van der Waals surface area contributed by atoms with Crippen molar-refractivity contribution in [2.75, 3.05) is 5.73 Å². The molecular weight excluding hydrogens is 417 g/mol. The molecule has 0 bridgehead atoms. The fraction of sp³-hybridized carbons (Fsp3) is 0.0909. The number of benzene rings is 2. The van der Waals surface area contributed by atoms with Crippen LogP contribution >= 0.6 is 11.6 Å². The molecule has 30 heavy (non-hydrogen) atoms. The monoisotopic (exact) mass is 430 g/mol. The molecular formula is C22H14ClF3N2O2. The minimum absolute atomic E-state index is 0.0640. The Morgan fingerprint density at radius 3 is 2.30 bits per heavy atom. The van der Waals surface area contributed by atoms with E-state index in [0.717, 1.165) is 11.6 Å². The molecule has 0 aliphatic rings. The van der Waals surface area contributed by atoms with Crippen LogP contribution in [0.3, 0.4) is 0 Å². The predicted molar refractivity (Wildman–Crippen MR) is 108 cm³/mol. The summed E-state index contributed by atoms with van der Waals surface area (Å²) in [7, 11) is 0. The van der Waals surface area contributed by atoms with Crippen molar-refractivity contribution in [2.24, 2.45) is 0 Å². The fourth-order valence-corrected chi connectivity index (χ4v) is 3.24. The second-order valence-electron chi connectivity index (χ2n) is 6.78. The number of fused-ring (bicyclic) bond motifs is 1. The van der Waals surface area contributed by atoms with Gasteiger partial charge >= 0.3 is 6.18 Å². The van der Waals surface area contributed by atoms with Crippen LogP contribution in [0.5, 0.6) is 0 Å². The molecule has 2 heterocycles. The number of aryl methyl sites for hydroxylation is 1. The third-order valence-corrected chi connectivity index (χ3v) is 4.92. The van der Waals surface area contributed by atoms with Gasteiger partial charge in [0.15, 0.2) is 0 Å². The van der Waals surface area contributed by atoms with E-state index in [1.165, 1.54) is 24.3 Å². The number of pyridine rings is 1. The molecule has 0 unspecified atom stereocenters. The van der Waals surface area contributed by atoms with Crippen molar-refractivity contribution < 1.29 is 22.4 Å². The zero-order valence-corrected chi connectivity index (χ0v) is 16.3. The maximum Gasteiger partial charge on any atom is 0.417 e. The summed E-state index contributed by atoms with van der Waals surface area (Å²) in [6.07, 6.45) is -4.72. The van der Waals surface area contributed by atoms with E-state index >= 15 is 0 Å². The molecule has 0 amide bonds. The Bertz CT molecular complexity index is 1260. The van der Waals surface area contributed by atoms with E-state index in [1.54, 1.807) is 24.3 Å². The van der Waals surface area contributed by atoms with Gasteiger partial charge in [-0.3, -0.25) is 4.79 Å². The summed E-state index contributed by atoms with van der Waals surface area (Å²) in [6.45, 7) is 1.86. The van der Waals surface area contributed by atoms with Gasteiger partial charge in [0.2, 0.25) is 17.3 Å². The summed E-state index contributed by atoms with van der Waals surface area (Å²) in [4.78, 5) is 17.0. The molecule has 2 aromatic carbocycles. The second kappa shape index (κ2) is 7.18. The molecule has 8 heteroatoms. The fourth-order valence-electron chi connectivity index (χ4n) is 3.12. The molecule has 152 valence electrons. The summed E-state index contributed by atoms with van der Waals surface area (Å²) < 4.78 is 46.9. The van der Waals surface area contributed by atoms with Gasteiger partial charge in [0.05, 0.1) is 22.3 Å². The first-order valence-electron chi connectivity index (χ1n) is 8.82. The molecule has 4 nitrogen and oxygen atoms in total. The van der Waals surface area contributed by atoms with Gasteiger partial charge in [0.1, 0.15) is 0 Å². The Hall–Kier alpha value is -3.32. The minimum Gasteiger partial charge on any atom is -0.432 e. The van der Waals surface area contributed by atoms with Crippen molar-refractivity contribution in [2.45, 2.75) is 13.1 Å². The number of nitrogens with zero attached hydrogens (tertiary/aromatic N) is 1. The number of rotatable bonds is 3. The van der Waals surface area contributed by atoms with E-state index in [4.69, 9.17) is 21.8 Å². The van der Waals surface area contributed by atoms with Gasteiger partial charge in [-0.05, 0) is 37.3 Å². The quantitative estimate of drug-likeness (QED) is 0.388. The number of halogens is 4. The SMILES string of the molecule is Cc1ccc(-c2cc(C(F)(F)F)c3c(N)c(C(=O)c4ccc(Cl)cc4)oc3n2)cc1. The number of nitrogen functional groups attached to an aromatic ring is 1. The van der Waals surface area contributed by atoms with E-state index in [-0.39, 0.29) is 17.0 Å². The standard InChI is InChI=1S/C22H14ClF3N2O2/c1-11-2-4-12(5-3-11)16-10-15(22(24,25)26)17-18(27)20(30-21(17)28-16)19(29)13-6-8-14(23)9-7-13/h2-10H,27H2,1H3. The third-order valence-electron chi connectivity index (χ3n) is 4.66. The molecule has 0 spiro atoms. The summed E-state index contributed by atoms with van der Waals surface area (Å²) >= 11 is 5.82. The van der Waals surface area contributed by atoms with Crippen LogP contribution in [0.1, 0.15) is 27.2 Å². The average Bonchev–Trinajstić information content (AvgIpc) is 3.03. The van der Waals surface area contributed by atoms with Crippen LogP contribution in [0.15, 0.2) is 59.0 Å². The van der Waals surface area contributed by atoms with Gasteiger partial charge in [-0.2, -0.15) is 13.2 Å². The maximum atomic E-state index is 13.8. The summed E-state index contributed by atoms with van der Waals surface area (Å²) in [5.74, 6) is -1.06. The van der Waals surface area contributed by atoms with Gasteiger partial charge in [-0.15, -0.1) is 0 Å². The van der Waals surface area contributed by atoms with Gasteiger partial charge in [-0.25, -0.2) is 4.98 Å². The number of aromatic nitrogens is 1. The van der Waals surface area contributed by atoms with Crippen molar-refractivity contribution in [3.8, 4) is 11.3 Å². The molecule has 2 N–H and O–H groups in total. The third kappa shape index (κ3) is 3.52. The normalized spacial score (nSPS) is 11.8. The van der Waals surface area contributed by atoms with Crippen LogP contribution in [0.2, 0.25) is 5.02 Å².